The van der Waals surface area contributed by atoms with Gasteiger partial charge in [0.2, 0.25) is 6.29 Å². The third-order valence-corrected chi connectivity index (χ3v) is 1.93. The summed E-state index contributed by atoms with van der Waals surface area (Å²) < 4.78 is 4.74. The first-order valence-electron chi connectivity index (χ1n) is 4.30. The molecule has 0 atom stereocenters. The molecule has 1 aromatic heterocycles. The Morgan fingerprint density at radius 2 is 2.13 bits per heavy atom. The lowest BCUT2D eigenvalue weighted by Crippen LogP contribution is -2.08. The Hall–Kier alpha value is -2.23. The third kappa shape index (κ3) is 1.99. The minimum atomic E-state index is -0.904. The molecule has 1 aromatic carbocycles. The van der Waals surface area contributed by atoms with Crippen LogP contribution in [0.1, 0.15) is 0 Å². The number of pyridine rings is 1. The van der Waals surface area contributed by atoms with E-state index in [0.717, 1.165) is 10.8 Å². The molecule has 0 N–H and O–H groups in total. The number of benzene rings is 1. The van der Waals surface area contributed by atoms with E-state index in [1.54, 1.807) is 30.6 Å². The number of carbonyl (C=O) groups excluding carboxylic acids is 2. The number of carbonyl (C=O) groups is 2. The largest absolute Gasteiger partial charge is 0.421 e. The van der Waals surface area contributed by atoms with E-state index in [4.69, 9.17) is 4.74 Å². The van der Waals surface area contributed by atoms with E-state index in [1.807, 2.05) is 6.07 Å². The van der Waals surface area contributed by atoms with Gasteiger partial charge < -0.3 is 4.74 Å². The van der Waals surface area contributed by atoms with Crippen LogP contribution >= 0.6 is 0 Å². The molecular weight excluding hydrogens is 194 g/mol. The molecule has 4 nitrogen and oxygen atoms in total. The summed E-state index contributed by atoms with van der Waals surface area (Å²) >= 11 is 0. The SMILES string of the molecule is O=CC(=O)Oc1ccc2ccncc2c1. The van der Waals surface area contributed by atoms with Crippen molar-refractivity contribution in [2.24, 2.45) is 0 Å². The molecule has 2 aromatic rings. The van der Waals surface area contributed by atoms with Gasteiger partial charge in [0.25, 0.3) is 0 Å². The number of hydrogen-bond acceptors (Lipinski definition) is 4. The monoisotopic (exact) mass is 201 g/mol. The first-order valence-corrected chi connectivity index (χ1v) is 4.30. The fourth-order valence-corrected chi connectivity index (χ4v) is 1.27. The molecule has 0 unspecified atom stereocenters. The van der Waals surface area contributed by atoms with Crippen molar-refractivity contribution in [2.75, 3.05) is 0 Å². The summed E-state index contributed by atoms with van der Waals surface area (Å²) in [6.07, 6.45) is 3.47. The van der Waals surface area contributed by atoms with Crippen LogP contribution in [0.5, 0.6) is 5.75 Å². The van der Waals surface area contributed by atoms with E-state index in [1.165, 1.54) is 0 Å². The second-order valence-electron chi connectivity index (χ2n) is 2.92. The maximum absolute atomic E-state index is 10.7. The summed E-state index contributed by atoms with van der Waals surface area (Å²) in [5.74, 6) is -0.564. The average Bonchev–Trinajstić information content (AvgIpc) is 2.29. The van der Waals surface area contributed by atoms with Gasteiger partial charge in [0.1, 0.15) is 5.75 Å². The van der Waals surface area contributed by atoms with Crippen LogP contribution in [0.4, 0.5) is 0 Å². The van der Waals surface area contributed by atoms with Gasteiger partial charge in [-0.2, -0.15) is 0 Å². The van der Waals surface area contributed by atoms with Gasteiger partial charge in [-0.15, -0.1) is 0 Å². The summed E-state index contributed by atoms with van der Waals surface area (Å²) in [5.41, 5.74) is 0. The van der Waals surface area contributed by atoms with Gasteiger partial charge in [0.05, 0.1) is 0 Å². The van der Waals surface area contributed by atoms with E-state index in [-0.39, 0.29) is 6.29 Å². The van der Waals surface area contributed by atoms with Crippen molar-refractivity contribution >= 4 is 23.0 Å². The fourth-order valence-electron chi connectivity index (χ4n) is 1.27. The van der Waals surface area contributed by atoms with Crippen molar-refractivity contribution in [3.8, 4) is 5.75 Å². The summed E-state index contributed by atoms with van der Waals surface area (Å²) in [5, 5.41) is 1.85. The van der Waals surface area contributed by atoms with Crippen LogP contribution in [0.15, 0.2) is 36.7 Å². The highest BCUT2D eigenvalue weighted by Crippen LogP contribution is 2.19. The Labute approximate surface area is 85.5 Å². The van der Waals surface area contributed by atoms with Crippen LogP contribution < -0.4 is 4.74 Å². The molecule has 0 radical (unpaired) electrons. The number of rotatable bonds is 2. The summed E-state index contributed by atoms with van der Waals surface area (Å²) in [7, 11) is 0. The predicted octanol–water partition coefficient (Wildman–Crippen LogP) is 1.34. The molecule has 0 saturated heterocycles. The number of nitrogens with zero attached hydrogens (tertiary/aromatic N) is 1. The van der Waals surface area contributed by atoms with Crippen LogP contribution in [0.3, 0.4) is 0 Å². The molecule has 0 saturated carbocycles. The highest BCUT2D eigenvalue weighted by atomic mass is 16.5. The van der Waals surface area contributed by atoms with Crippen molar-refractivity contribution in [2.45, 2.75) is 0 Å². The second-order valence-corrected chi connectivity index (χ2v) is 2.92. The lowest BCUT2D eigenvalue weighted by molar-refractivity contribution is -0.141. The van der Waals surface area contributed by atoms with Gasteiger partial charge in [0.15, 0.2) is 0 Å². The molecule has 0 aliphatic rings. The van der Waals surface area contributed by atoms with Gasteiger partial charge in [0, 0.05) is 17.8 Å². The molecule has 0 aliphatic carbocycles. The number of aldehydes is 1. The van der Waals surface area contributed by atoms with Gasteiger partial charge in [-0.25, -0.2) is 4.79 Å². The Kier molecular flexibility index (Phi) is 2.41. The zero-order valence-electron chi connectivity index (χ0n) is 7.71. The first-order chi connectivity index (χ1) is 7.29. The summed E-state index contributed by atoms with van der Waals surface area (Å²) in [6, 6.07) is 6.93. The summed E-state index contributed by atoms with van der Waals surface area (Å²) in [6.45, 7) is 0. The molecule has 1 heterocycles. The zero-order valence-corrected chi connectivity index (χ0v) is 7.71. The minimum Gasteiger partial charge on any atom is -0.421 e. The van der Waals surface area contributed by atoms with E-state index in [0.29, 0.717) is 5.75 Å². The van der Waals surface area contributed by atoms with E-state index >= 15 is 0 Å². The third-order valence-electron chi connectivity index (χ3n) is 1.93. The van der Waals surface area contributed by atoms with E-state index in [9.17, 15) is 9.59 Å². The molecule has 4 heteroatoms. The lowest BCUT2D eigenvalue weighted by atomic mass is 10.2. The smallest absolute Gasteiger partial charge is 0.376 e. The van der Waals surface area contributed by atoms with Crippen molar-refractivity contribution in [1.82, 2.24) is 4.98 Å². The maximum Gasteiger partial charge on any atom is 0.376 e. The van der Waals surface area contributed by atoms with Gasteiger partial charge >= 0.3 is 5.97 Å². The second kappa shape index (κ2) is 3.88. The fraction of sp³-hybridized carbons (Fsp3) is 0. The first kappa shape index (κ1) is 9.33. The molecule has 0 amide bonds. The zero-order chi connectivity index (χ0) is 10.7. The van der Waals surface area contributed by atoms with Crippen molar-refractivity contribution < 1.29 is 14.3 Å². The maximum atomic E-state index is 10.7. The quantitative estimate of drug-likeness (QED) is 0.318. The topological polar surface area (TPSA) is 56.3 Å². The van der Waals surface area contributed by atoms with Crippen LogP contribution in [-0.4, -0.2) is 17.2 Å². The predicted molar refractivity (Wildman–Crippen MR) is 53.4 cm³/mol. The minimum absolute atomic E-state index is 0.132. The van der Waals surface area contributed by atoms with Crippen LogP contribution in [0.25, 0.3) is 10.8 Å². The highest BCUT2D eigenvalue weighted by Gasteiger charge is 2.02. The Morgan fingerprint density at radius 3 is 2.93 bits per heavy atom. The number of aromatic nitrogens is 1. The van der Waals surface area contributed by atoms with Gasteiger partial charge in [-0.05, 0) is 23.6 Å². The molecule has 15 heavy (non-hydrogen) atoms. The molecule has 0 spiro atoms. The van der Waals surface area contributed by atoms with E-state index in [2.05, 4.69) is 4.98 Å². The number of ether oxygens (including phenoxy) is 1. The number of fused-ring (bicyclic) bond motifs is 1. The summed E-state index contributed by atoms with van der Waals surface area (Å²) in [4.78, 5) is 24.7. The molecule has 0 fully saturated rings. The number of esters is 1. The Morgan fingerprint density at radius 1 is 1.27 bits per heavy atom. The lowest BCUT2D eigenvalue weighted by Gasteiger charge is -2.01. The molecule has 74 valence electrons. The Balaban J connectivity index is 2.38. The van der Waals surface area contributed by atoms with Gasteiger partial charge in [-0.1, -0.05) is 6.07 Å². The van der Waals surface area contributed by atoms with Gasteiger partial charge in [-0.3, -0.25) is 9.78 Å². The molecule has 0 aliphatic heterocycles. The standard InChI is InChI=1S/C11H7NO3/c13-7-11(14)15-10-2-1-8-3-4-12-6-9(8)5-10/h1-7H. The number of hydrogen-bond donors (Lipinski definition) is 0. The van der Waals surface area contributed by atoms with E-state index < -0.39 is 5.97 Å². The van der Waals surface area contributed by atoms with Crippen LogP contribution in [-0.2, 0) is 9.59 Å². The highest BCUT2D eigenvalue weighted by molar-refractivity contribution is 6.21. The van der Waals surface area contributed by atoms with Crippen molar-refractivity contribution in [3.05, 3.63) is 36.7 Å². The molecular formula is C11H7NO3. The molecule has 2 rings (SSSR count). The average molecular weight is 201 g/mol. The van der Waals surface area contributed by atoms with Crippen LogP contribution in [0.2, 0.25) is 0 Å². The molecule has 0 bridgehead atoms. The Bertz CT molecular complexity index is 522. The normalized spacial score (nSPS) is 9.87. The van der Waals surface area contributed by atoms with Crippen molar-refractivity contribution in [1.29, 1.82) is 0 Å². The van der Waals surface area contributed by atoms with Crippen molar-refractivity contribution in [3.63, 3.8) is 0 Å². The van der Waals surface area contributed by atoms with Crippen LogP contribution in [0, 0.1) is 0 Å².